The standard InChI is InChI=1S/C4H7F2N/c1-3-4(5,6)2-7-3/h3,7H,2H2,1H3/t3-/m0/s1. The van der Waals surface area contributed by atoms with Gasteiger partial charge in [-0.1, -0.05) is 0 Å². The summed E-state index contributed by atoms with van der Waals surface area (Å²) in [5.74, 6) is -2.43. The fraction of sp³-hybridized carbons (Fsp3) is 1.00. The highest BCUT2D eigenvalue weighted by atomic mass is 19.3. The van der Waals surface area contributed by atoms with Crippen LogP contribution in [0.25, 0.3) is 0 Å². The van der Waals surface area contributed by atoms with E-state index >= 15 is 0 Å². The largest absolute Gasteiger partial charge is 0.303 e. The fourth-order valence-corrected chi connectivity index (χ4v) is 0.460. The van der Waals surface area contributed by atoms with E-state index in [-0.39, 0.29) is 6.54 Å². The zero-order chi connectivity index (χ0) is 5.49. The third-order valence-electron chi connectivity index (χ3n) is 1.28. The van der Waals surface area contributed by atoms with Gasteiger partial charge in [0.2, 0.25) is 0 Å². The molecule has 1 fully saturated rings. The molecule has 0 radical (unpaired) electrons. The Morgan fingerprint density at radius 3 is 2.14 bits per heavy atom. The van der Waals surface area contributed by atoms with E-state index in [1.807, 2.05) is 0 Å². The van der Waals surface area contributed by atoms with Crippen molar-refractivity contribution < 1.29 is 8.78 Å². The number of nitrogens with one attached hydrogen (secondary N) is 1. The fourth-order valence-electron chi connectivity index (χ4n) is 0.460. The van der Waals surface area contributed by atoms with Crippen molar-refractivity contribution in [3.63, 3.8) is 0 Å². The van der Waals surface area contributed by atoms with Crippen LogP contribution in [0.2, 0.25) is 0 Å². The molecule has 42 valence electrons. The van der Waals surface area contributed by atoms with Crippen LogP contribution in [0.5, 0.6) is 0 Å². The summed E-state index contributed by atoms with van der Waals surface area (Å²) in [6.07, 6.45) is 0. The van der Waals surface area contributed by atoms with E-state index in [0.717, 1.165) is 0 Å². The van der Waals surface area contributed by atoms with E-state index in [2.05, 4.69) is 5.32 Å². The lowest BCUT2D eigenvalue weighted by atomic mass is 10.1. The predicted molar refractivity (Wildman–Crippen MR) is 22.4 cm³/mol. The molecule has 1 rings (SSSR count). The normalized spacial score (nSPS) is 37.3. The Balaban J connectivity index is 2.43. The summed E-state index contributed by atoms with van der Waals surface area (Å²) in [6.45, 7) is 1.33. The average molecular weight is 107 g/mol. The van der Waals surface area contributed by atoms with Crippen LogP contribution in [-0.2, 0) is 0 Å². The van der Waals surface area contributed by atoms with Gasteiger partial charge in [-0.3, -0.25) is 0 Å². The van der Waals surface area contributed by atoms with Gasteiger partial charge in [-0.2, -0.15) is 0 Å². The van der Waals surface area contributed by atoms with Gasteiger partial charge >= 0.3 is 0 Å². The van der Waals surface area contributed by atoms with Crippen molar-refractivity contribution in [2.24, 2.45) is 0 Å². The minimum absolute atomic E-state index is 0.145. The topological polar surface area (TPSA) is 12.0 Å². The molecule has 1 N–H and O–H groups in total. The molecule has 1 atom stereocenters. The molecule has 0 spiro atoms. The quantitative estimate of drug-likeness (QED) is 0.478. The number of rotatable bonds is 0. The molecule has 0 aromatic rings. The number of hydrogen-bond donors (Lipinski definition) is 1. The molecule has 0 aliphatic carbocycles. The van der Waals surface area contributed by atoms with E-state index in [4.69, 9.17) is 0 Å². The third-order valence-corrected chi connectivity index (χ3v) is 1.28. The summed E-state index contributed by atoms with van der Waals surface area (Å²) in [4.78, 5) is 0. The lowest BCUT2D eigenvalue weighted by Crippen LogP contribution is -2.60. The van der Waals surface area contributed by atoms with Gasteiger partial charge in [0, 0.05) is 0 Å². The Morgan fingerprint density at radius 1 is 1.71 bits per heavy atom. The van der Waals surface area contributed by atoms with E-state index in [1.165, 1.54) is 6.92 Å². The highest BCUT2D eigenvalue weighted by Crippen LogP contribution is 2.24. The summed E-state index contributed by atoms with van der Waals surface area (Å²) in [5.41, 5.74) is 0. The first kappa shape index (κ1) is 4.97. The van der Waals surface area contributed by atoms with Crippen molar-refractivity contribution in [3.8, 4) is 0 Å². The van der Waals surface area contributed by atoms with Crippen LogP contribution in [0.3, 0.4) is 0 Å². The summed E-state index contributed by atoms with van der Waals surface area (Å²) >= 11 is 0. The van der Waals surface area contributed by atoms with E-state index < -0.39 is 12.0 Å². The zero-order valence-electron chi connectivity index (χ0n) is 4.04. The highest BCUT2D eigenvalue weighted by Gasteiger charge is 2.44. The molecule has 0 unspecified atom stereocenters. The summed E-state index contributed by atoms with van der Waals surface area (Å²) in [6, 6.07) is -0.604. The Bertz CT molecular complexity index is 81.8. The van der Waals surface area contributed by atoms with Crippen LogP contribution in [0, 0.1) is 0 Å². The molecule has 0 aromatic carbocycles. The molecule has 1 aliphatic rings. The van der Waals surface area contributed by atoms with Crippen molar-refractivity contribution in [2.75, 3.05) is 6.54 Å². The zero-order valence-corrected chi connectivity index (χ0v) is 4.04. The van der Waals surface area contributed by atoms with Crippen LogP contribution in [0.15, 0.2) is 0 Å². The molecule has 0 aromatic heterocycles. The molecule has 7 heavy (non-hydrogen) atoms. The maximum atomic E-state index is 11.9. The van der Waals surface area contributed by atoms with E-state index in [1.54, 1.807) is 0 Å². The molecule has 3 heteroatoms. The third kappa shape index (κ3) is 0.608. The highest BCUT2D eigenvalue weighted by molar-refractivity contribution is 4.91. The van der Waals surface area contributed by atoms with Crippen molar-refractivity contribution in [3.05, 3.63) is 0 Å². The van der Waals surface area contributed by atoms with Crippen LogP contribution in [0.4, 0.5) is 8.78 Å². The van der Waals surface area contributed by atoms with Crippen molar-refractivity contribution >= 4 is 0 Å². The molecule has 0 amide bonds. The number of halogens is 2. The summed E-state index contributed by atoms with van der Waals surface area (Å²) in [7, 11) is 0. The maximum absolute atomic E-state index is 11.9. The first-order valence-corrected chi connectivity index (χ1v) is 2.24. The number of alkyl halides is 2. The lowest BCUT2D eigenvalue weighted by molar-refractivity contribution is -0.0880. The van der Waals surface area contributed by atoms with Gasteiger partial charge in [-0.25, -0.2) is 8.78 Å². The molecule has 1 saturated heterocycles. The molecular formula is C4H7F2N. The smallest absolute Gasteiger partial charge is 0.274 e. The van der Waals surface area contributed by atoms with Crippen molar-refractivity contribution in [2.45, 2.75) is 18.9 Å². The van der Waals surface area contributed by atoms with E-state index in [9.17, 15) is 8.78 Å². The van der Waals surface area contributed by atoms with Gasteiger partial charge in [-0.15, -0.1) is 0 Å². The Labute approximate surface area is 40.7 Å². The van der Waals surface area contributed by atoms with Crippen LogP contribution >= 0.6 is 0 Å². The maximum Gasteiger partial charge on any atom is 0.274 e. The molecular weight excluding hydrogens is 100 g/mol. The van der Waals surface area contributed by atoms with Crippen LogP contribution < -0.4 is 5.32 Å². The molecule has 1 heterocycles. The first-order chi connectivity index (χ1) is 3.13. The van der Waals surface area contributed by atoms with Crippen molar-refractivity contribution in [1.82, 2.24) is 5.32 Å². The molecule has 0 bridgehead atoms. The van der Waals surface area contributed by atoms with Gasteiger partial charge in [0.25, 0.3) is 5.92 Å². The van der Waals surface area contributed by atoms with Crippen LogP contribution in [-0.4, -0.2) is 18.5 Å². The Kier molecular flexibility index (Phi) is 0.819. The van der Waals surface area contributed by atoms with Gasteiger partial charge < -0.3 is 5.32 Å². The molecule has 1 nitrogen and oxygen atoms in total. The summed E-state index contributed by atoms with van der Waals surface area (Å²) in [5, 5.41) is 2.55. The SMILES string of the molecule is C[C@@H]1NCC1(F)F. The second-order valence-corrected chi connectivity index (χ2v) is 1.86. The minimum atomic E-state index is -2.43. The van der Waals surface area contributed by atoms with E-state index in [0.29, 0.717) is 0 Å². The Morgan fingerprint density at radius 2 is 2.14 bits per heavy atom. The Hall–Kier alpha value is -0.180. The minimum Gasteiger partial charge on any atom is -0.303 e. The molecule has 1 aliphatic heterocycles. The van der Waals surface area contributed by atoms with Gasteiger partial charge in [0.15, 0.2) is 0 Å². The van der Waals surface area contributed by atoms with Gasteiger partial charge in [-0.05, 0) is 6.92 Å². The lowest BCUT2D eigenvalue weighted by Gasteiger charge is -2.34. The average Bonchev–Trinajstić information content (AvgIpc) is 1.63. The predicted octanol–water partition coefficient (Wildman–Crippen LogP) is 0.613. The van der Waals surface area contributed by atoms with Crippen molar-refractivity contribution in [1.29, 1.82) is 0 Å². The summed E-state index contributed by atoms with van der Waals surface area (Å²) < 4.78 is 23.7. The first-order valence-electron chi connectivity index (χ1n) is 2.24. The monoisotopic (exact) mass is 107 g/mol. The van der Waals surface area contributed by atoms with Gasteiger partial charge in [0.05, 0.1) is 12.6 Å². The second kappa shape index (κ2) is 1.15. The molecule has 0 saturated carbocycles. The van der Waals surface area contributed by atoms with Gasteiger partial charge in [0.1, 0.15) is 0 Å². The van der Waals surface area contributed by atoms with Crippen LogP contribution in [0.1, 0.15) is 6.92 Å². The second-order valence-electron chi connectivity index (χ2n) is 1.86. The number of hydrogen-bond acceptors (Lipinski definition) is 1.